The smallest absolute Gasteiger partial charge is 0.457 e. The van der Waals surface area contributed by atoms with Gasteiger partial charge in [-0.15, -0.1) is 0 Å². The summed E-state index contributed by atoms with van der Waals surface area (Å²) in [5.41, 5.74) is -3.75. The fraction of sp³-hybridized carbons (Fsp3) is 0.533. The van der Waals surface area contributed by atoms with Crippen LogP contribution in [0.4, 0.5) is 27.6 Å². The maximum Gasteiger partial charge on any atom is 0.457 e. The average Bonchev–Trinajstić information content (AvgIpc) is 2.99. The Kier molecular flexibility index (Phi) is 9.51. The summed E-state index contributed by atoms with van der Waals surface area (Å²) in [4.78, 5) is 30.1. The Morgan fingerprint density at radius 3 is 2.02 bits per heavy atom. The number of ether oxygens (including phenoxy) is 1. The molecule has 13 heteroatoms. The van der Waals surface area contributed by atoms with E-state index in [4.69, 9.17) is 16.3 Å². The van der Waals surface area contributed by atoms with Gasteiger partial charge in [-0.2, -0.15) is 22.0 Å². The number of nitrogens with zero attached hydrogens (tertiary/aromatic N) is 3. The molecule has 236 valence electrons. The highest BCUT2D eigenvalue weighted by Gasteiger charge is 2.74. The highest BCUT2D eigenvalue weighted by atomic mass is 35.5. The standard InChI is InChI=1S/C30H35ClF5N3O4/c1-37(2)26(40)24-8-7-22(18-25(24)31)38-13-9-19(10-14-38)20-11-15-39(16-12-20)27(41)28(42,29(32,33)30(34,35)36)21-5-4-6-23(17-21)43-3/h4-8,17-20,42H,9-16H2,1-3H3. The van der Waals surface area contributed by atoms with Crippen molar-refractivity contribution >= 4 is 29.1 Å². The predicted molar refractivity (Wildman–Crippen MR) is 152 cm³/mol. The zero-order chi connectivity index (χ0) is 31.7. The number of aliphatic hydroxyl groups is 1. The Balaban J connectivity index is 1.42. The number of hydrogen-bond acceptors (Lipinski definition) is 5. The summed E-state index contributed by atoms with van der Waals surface area (Å²) in [5, 5.41) is 11.3. The molecular weight excluding hydrogens is 597 g/mol. The SMILES string of the molecule is COc1cccc(C(O)(C(=O)N2CCC(C3CCN(c4ccc(C(=O)N(C)C)c(Cl)c4)CC3)CC2)C(F)(F)C(F)(F)F)c1. The van der Waals surface area contributed by atoms with Crippen molar-refractivity contribution in [3.63, 3.8) is 0 Å². The maximum atomic E-state index is 14.9. The second-order valence-corrected chi connectivity index (χ2v) is 11.7. The Hall–Kier alpha value is -3.12. The Labute approximate surface area is 252 Å². The minimum atomic E-state index is -6.18. The molecule has 1 atom stereocenters. The van der Waals surface area contributed by atoms with Crippen LogP contribution in [0.3, 0.4) is 0 Å². The number of carbonyl (C=O) groups is 2. The van der Waals surface area contributed by atoms with E-state index < -0.39 is 29.2 Å². The first kappa shape index (κ1) is 32.8. The van der Waals surface area contributed by atoms with Crippen molar-refractivity contribution in [1.82, 2.24) is 9.80 Å². The molecule has 2 aliphatic heterocycles. The Bertz CT molecular complexity index is 1330. The number of anilines is 1. The lowest BCUT2D eigenvalue weighted by Gasteiger charge is -2.44. The number of benzene rings is 2. The molecule has 0 bridgehead atoms. The molecule has 1 unspecified atom stereocenters. The zero-order valence-electron chi connectivity index (χ0n) is 24.1. The highest BCUT2D eigenvalue weighted by molar-refractivity contribution is 6.34. The molecule has 43 heavy (non-hydrogen) atoms. The van der Waals surface area contributed by atoms with Gasteiger partial charge >= 0.3 is 12.1 Å². The van der Waals surface area contributed by atoms with Gasteiger partial charge < -0.3 is 24.5 Å². The van der Waals surface area contributed by atoms with E-state index in [1.165, 1.54) is 18.1 Å². The number of methoxy groups -OCH3 is 1. The first-order valence-electron chi connectivity index (χ1n) is 14.0. The van der Waals surface area contributed by atoms with Crippen LogP contribution in [0.25, 0.3) is 0 Å². The minimum Gasteiger partial charge on any atom is -0.497 e. The summed E-state index contributed by atoms with van der Waals surface area (Å²) in [6, 6.07) is 9.46. The second kappa shape index (κ2) is 12.5. The van der Waals surface area contributed by atoms with E-state index in [1.54, 1.807) is 26.2 Å². The zero-order valence-corrected chi connectivity index (χ0v) is 24.9. The normalized spacial score (nSPS) is 18.7. The van der Waals surface area contributed by atoms with Gasteiger partial charge in [0, 0.05) is 51.5 Å². The van der Waals surface area contributed by atoms with Crippen LogP contribution in [-0.2, 0) is 10.4 Å². The van der Waals surface area contributed by atoms with Crippen LogP contribution < -0.4 is 9.64 Å². The summed E-state index contributed by atoms with van der Waals surface area (Å²) in [7, 11) is 4.49. The van der Waals surface area contributed by atoms with E-state index in [-0.39, 0.29) is 36.6 Å². The average molecular weight is 632 g/mol. The number of amides is 2. The fourth-order valence-electron chi connectivity index (χ4n) is 6.04. The quantitative estimate of drug-likeness (QED) is 0.404. The molecule has 0 spiro atoms. The van der Waals surface area contributed by atoms with E-state index in [1.807, 2.05) is 6.07 Å². The third-order valence-corrected chi connectivity index (χ3v) is 8.91. The highest BCUT2D eigenvalue weighted by Crippen LogP contribution is 2.50. The van der Waals surface area contributed by atoms with Gasteiger partial charge in [0.05, 0.1) is 17.7 Å². The van der Waals surface area contributed by atoms with Crippen LogP contribution in [0.15, 0.2) is 42.5 Å². The number of likely N-dealkylation sites (tertiary alicyclic amines) is 1. The van der Waals surface area contributed by atoms with Crippen LogP contribution in [0.5, 0.6) is 5.75 Å². The first-order chi connectivity index (χ1) is 20.1. The molecule has 7 nitrogen and oxygen atoms in total. The Morgan fingerprint density at radius 1 is 0.930 bits per heavy atom. The van der Waals surface area contributed by atoms with Crippen molar-refractivity contribution in [2.45, 2.75) is 43.4 Å². The molecule has 4 rings (SSSR count). The molecule has 0 aromatic heterocycles. The number of piperidine rings is 2. The van der Waals surface area contributed by atoms with Crippen LogP contribution in [0, 0.1) is 11.8 Å². The lowest BCUT2D eigenvalue weighted by Crippen LogP contribution is -2.63. The van der Waals surface area contributed by atoms with Crippen LogP contribution in [-0.4, -0.2) is 86.2 Å². The summed E-state index contributed by atoms with van der Waals surface area (Å²) in [6.07, 6.45) is -3.73. The Morgan fingerprint density at radius 2 is 1.51 bits per heavy atom. The molecule has 2 aromatic rings. The lowest BCUT2D eigenvalue weighted by atomic mass is 9.78. The summed E-state index contributed by atoms with van der Waals surface area (Å²) >= 11 is 6.38. The van der Waals surface area contributed by atoms with E-state index in [9.17, 15) is 36.6 Å². The maximum absolute atomic E-state index is 14.9. The minimum absolute atomic E-state index is 0.0547. The number of rotatable bonds is 7. The molecule has 2 aliphatic rings. The lowest BCUT2D eigenvalue weighted by molar-refractivity contribution is -0.339. The topological polar surface area (TPSA) is 73.3 Å². The molecule has 0 aliphatic carbocycles. The molecule has 2 saturated heterocycles. The van der Waals surface area contributed by atoms with Crippen molar-refractivity contribution in [1.29, 1.82) is 0 Å². The molecule has 2 fully saturated rings. The second-order valence-electron chi connectivity index (χ2n) is 11.3. The molecule has 1 N–H and O–H groups in total. The number of hydrogen-bond donors (Lipinski definition) is 1. The van der Waals surface area contributed by atoms with E-state index in [2.05, 4.69) is 4.90 Å². The van der Waals surface area contributed by atoms with E-state index in [0.29, 0.717) is 36.5 Å². The summed E-state index contributed by atoms with van der Waals surface area (Å²) in [5.74, 6) is -7.30. The molecular formula is C30H35ClF5N3O4. The molecule has 0 saturated carbocycles. The van der Waals surface area contributed by atoms with Gasteiger partial charge in [0.2, 0.25) is 5.60 Å². The van der Waals surface area contributed by atoms with Crippen LogP contribution in [0.1, 0.15) is 41.6 Å². The van der Waals surface area contributed by atoms with Crippen molar-refractivity contribution < 1.29 is 41.4 Å². The predicted octanol–water partition coefficient (Wildman–Crippen LogP) is 5.59. The molecule has 2 heterocycles. The molecule has 0 radical (unpaired) electrons. The monoisotopic (exact) mass is 631 g/mol. The van der Waals surface area contributed by atoms with Crippen LogP contribution >= 0.6 is 11.6 Å². The van der Waals surface area contributed by atoms with Crippen LogP contribution in [0.2, 0.25) is 5.02 Å². The van der Waals surface area contributed by atoms with Crippen molar-refractivity contribution in [3.05, 3.63) is 58.6 Å². The van der Waals surface area contributed by atoms with Crippen molar-refractivity contribution in [3.8, 4) is 5.75 Å². The molecule has 2 amide bonds. The van der Waals surface area contributed by atoms with Gasteiger partial charge in [-0.1, -0.05) is 23.7 Å². The summed E-state index contributed by atoms with van der Waals surface area (Å²) < 4.78 is 75.3. The third-order valence-electron chi connectivity index (χ3n) is 8.59. The first-order valence-corrected chi connectivity index (χ1v) is 14.4. The van der Waals surface area contributed by atoms with Crippen molar-refractivity contribution in [2.24, 2.45) is 11.8 Å². The summed E-state index contributed by atoms with van der Waals surface area (Å²) in [6.45, 7) is 1.32. The van der Waals surface area contributed by atoms with Gasteiger partial charge in [0.1, 0.15) is 5.75 Å². The van der Waals surface area contributed by atoms with E-state index in [0.717, 1.165) is 41.6 Å². The van der Waals surface area contributed by atoms with Gasteiger partial charge in [0.15, 0.2) is 0 Å². The van der Waals surface area contributed by atoms with Gasteiger partial charge in [-0.25, -0.2) is 0 Å². The fourth-order valence-corrected chi connectivity index (χ4v) is 6.29. The third kappa shape index (κ3) is 6.26. The largest absolute Gasteiger partial charge is 0.497 e. The van der Waals surface area contributed by atoms with E-state index >= 15 is 0 Å². The van der Waals surface area contributed by atoms with Gasteiger partial charge in [0.25, 0.3) is 11.8 Å². The number of halogens is 6. The van der Waals surface area contributed by atoms with Gasteiger partial charge in [-0.3, -0.25) is 9.59 Å². The number of alkyl halides is 5. The molecule has 2 aromatic carbocycles. The van der Waals surface area contributed by atoms with Gasteiger partial charge in [-0.05, 0) is 67.9 Å². The van der Waals surface area contributed by atoms with Crippen molar-refractivity contribution in [2.75, 3.05) is 52.3 Å². The number of carbonyl (C=O) groups excluding carboxylic acids is 2.